The molecular weight excluding hydrogens is 326 g/mol. The normalized spacial score (nSPS) is 12.6. The molecule has 2 aromatic carbocycles. The lowest BCUT2D eigenvalue weighted by atomic mass is 10.1. The van der Waals surface area contributed by atoms with Crippen LogP contribution in [0.1, 0.15) is 44.6 Å². The number of amides is 1. The van der Waals surface area contributed by atoms with Crippen molar-refractivity contribution in [1.29, 1.82) is 0 Å². The van der Waals surface area contributed by atoms with Crippen molar-refractivity contribution in [3.63, 3.8) is 0 Å². The number of hydrogen-bond acceptors (Lipinski definition) is 3. The predicted octanol–water partition coefficient (Wildman–Crippen LogP) is 3.61. The molecule has 1 amide bonds. The predicted molar refractivity (Wildman–Crippen MR) is 101 cm³/mol. The summed E-state index contributed by atoms with van der Waals surface area (Å²) in [4.78, 5) is 26.1. The first kappa shape index (κ1) is 18.2. The topological polar surface area (TPSA) is 46.6 Å². The molecule has 0 aliphatic heterocycles. The van der Waals surface area contributed by atoms with Gasteiger partial charge in [0, 0.05) is 13.6 Å². The van der Waals surface area contributed by atoms with Crippen LogP contribution in [0.4, 0.5) is 0 Å². The highest BCUT2D eigenvalue weighted by atomic mass is 16.5. The van der Waals surface area contributed by atoms with Gasteiger partial charge in [0.15, 0.2) is 6.61 Å². The number of fused-ring (bicyclic) bond motifs is 1. The molecule has 26 heavy (non-hydrogen) atoms. The highest BCUT2D eigenvalue weighted by molar-refractivity contribution is 5.91. The van der Waals surface area contributed by atoms with Crippen molar-refractivity contribution in [2.75, 3.05) is 13.7 Å². The van der Waals surface area contributed by atoms with Crippen molar-refractivity contribution in [2.24, 2.45) is 0 Å². The van der Waals surface area contributed by atoms with Crippen LogP contribution in [-0.2, 0) is 28.9 Å². The summed E-state index contributed by atoms with van der Waals surface area (Å²) >= 11 is 0. The van der Waals surface area contributed by atoms with Crippen LogP contribution in [0.15, 0.2) is 36.4 Å². The monoisotopic (exact) mass is 351 g/mol. The van der Waals surface area contributed by atoms with Crippen LogP contribution in [0.3, 0.4) is 0 Å². The van der Waals surface area contributed by atoms with Crippen LogP contribution < -0.4 is 0 Å². The van der Waals surface area contributed by atoms with E-state index < -0.39 is 5.97 Å². The van der Waals surface area contributed by atoms with Gasteiger partial charge in [-0.05, 0) is 67.5 Å². The second-order valence-electron chi connectivity index (χ2n) is 7.09. The third kappa shape index (κ3) is 4.13. The summed E-state index contributed by atoms with van der Waals surface area (Å²) in [5.41, 5.74) is 6.50. The minimum Gasteiger partial charge on any atom is -0.452 e. The Labute approximate surface area is 154 Å². The zero-order chi connectivity index (χ0) is 18.7. The lowest BCUT2D eigenvalue weighted by molar-refractivity contribution is -0.133. The summed E-state index contributed by atoms with van der Waals surface area (Å²) in [7, 11) is 1.73. The van der Waals surface area contributed by atoms with Gasteiger partial charge in [-0.1, -0.05) is 29.8 Å². The molecule has 0 saturated heterocycles. The van der Waals surface area contributed by atoms with Crippen molar-refractivity contribution >= 4 is 11.9 Å². The van der Waals surface area contributed by atoms with Crippen molar-refractivity contribution in [1.82, 2.24) is 4.90 Å². The van der Waals surface area contributed by atoms with E-state index in [0.29, 0.717) is 12.1 Å². The van der Waals surface area contributed by atoms with Gasteiger partial charge < -0.3 is 9.64 Å². The molecule has 1 aliphatic rings. The third-order valence-corrected chi connectivity index (χ3v) is 4.99. The average Bonchev–Trinajstić information content (AvgIpc) is 3.09. The fourth-order valence-corrected chi connectivity index (χ4v) is 3.39. The number of rotatable bonds is 5. The van der Waals surface area contributed by atoms with Crippen LogP contribution in [0.5, 0.6) is 0 Å². The molecule has 0 aromatic heterocycles. The molecule has 0 saturated carbocycles. The van der Waals surface area contributed by atoms with E-state index in [1.54, 1.807) is 18.0 Å². The SMILES string of the molecule is Cc1ccc(CN(C)C(=O)COC(=O)c2ccc3c(c2)CCC3)c(C)c1. The van der Waals surface area contributed by atoms with Gasteiger partial charge in [0.1, 0.15) is 0 Å². The molecule has 4 heteroatoms. The fraction of sp³-hybridized carbons (Fsp3) is 0.364. The van der Waals surface area contributed by atoms with E-state index in [-0.39, 0.29) is 12.5 Å². The summed E-state index contributed by atoms with van der Waals surface area (Å²) < 4.78 is 5.23. The number of likely N-dealkylation sites (N-methyl/N-ethyl adjacent to an activating group) is 1. The first-order valence-electron chi connectivity index (χ1n) is 9.03. The molecule has 3 rings (SSSR count). The minimum atomic E-state index is -0.437. The van der Waals surface area contributed by atoms with E-state index in [1.165, 1.54) is 16.7 Å². The van der Waals surface area contributed by atoms with E-state index in [0.717, 1.165) is 30.4 Å². The number of carbonyl (C=O) groups excluding carboxylic acids is 2. The Morgan fingerprint density at radius 3 is 2.58 bits per heavy atom. The second kappa shape index (κ2) is 7.73. The van der Waals surface area contributed by atoms with Gasteiger partial charge in [-0.25, -0.2) is 4.79 Å². The molecule has 0 atom stereocenters. The van der Waals surface area contributed by atoms with Gasteiger partial charge in [-0.15, -0.1) is 0 Å². The maximum Gasteiger partial charge on any atom is 0.338 e. The quantitative estimate of drug-likeness (QED) is 0.773. The van der Waals surface area contributed by atoms with Crippen molar-refractivity contribution < 1.29 is 14.3 Å². The number of hydrogen-bond donors (Lipinski definition) is 0. The lowest BCUT2D eigenvalue weighted by Gasteiger charge is -2.18. The standard InChI is InChI=1S/C22H25NO3/c1-15-7-8-20(16(2)11-15)13-23(3)21(24)14-26-22(25)19-10-9-17-5-4-6-18(17)12-19/h7-12H,4-6,13-14H2,1-3H3. The maximum atomic E-state index is 12.3. The van der Waals surface area contributed by atoms with E-state index in [4.69, 9.17) is 4.74 Å². The van der Waals surface area contributed by atoms with Crippen molar-refractivity contribution in [2.45, 2.75) is 39.7 Å². The molecule has 0 spiro atoms. The lowest BCUT2D eigenvalue weighted by Crippen LogP contribution is -2.31. The van der Waals surface area contributed by atoms with Crippen LogP contribution in [0.2, 0.25) is 0 Å². The average molecular weight is 351 g/mol. The highest BCUT2D eigenvalue weighted by Crippen LogP contribution is 2.23. The van der Waals surface area contributed by atoms with Crippen LogP contribution in [0, 0.1) is 13.8 Å². The number of benzene rings is 2. The van der Waals surface area contributed by atoms with Gasteiger partial charge in [0.25, 0.3) is 5.91 Å². The van der Waals surface area contributed by atoms with Gasteiger partial charge >= 0.3 is 5.97 Å². The summed E-state index contributed by atoms with van der Waals surface area (Å²) in [5.74, 6) is -0.646. The van der Waals surface area contributed by atoms with Gasteiger partial charge in [0.05, 0.1) is 5.56 Å². The minimum absolute atomic E-state index is 0.209. The third-order valence-electron chi connectivity index (χ3n) is 4.99. The van der Waals surface area contributed by atoms with Crippen molar-refractivity contribution in [3.8, 4) is 0 Å². The largest absolute Gasteiger partial charge is 0.452 e. The van der Waals surface area contributed by atoms with Crippen LogP contribution >= 0.6 is 0 Å². The summed E-state index contributed by atoms with van der Waals surface area (Å²) in [6.45, 7) is 4.34. The van der Waals surface area contributed by atoms with E-state index in [1.807, 2.05) is 38.1 Å². The van der Waals surface area contributed by atoms with Gasteiger partial charge in [0.2, 0.25) is 0 Å². The molecule has 0 N–H and O–H groups in total. The molecule has 0 bridgehead atoms. The van der Waals surface area contributed by atoms with E-state index in [2.05, 4.69) is 6.07 Å². The Morgan fingerprint density at radius 2 is 1.81 bits per heavy atom. The maximum absolute atomic E-state index is 12.3. The Bertz CT molecular complexity index is 841. The molecular formula is C22H25NO3. The van der Waals surface area contributed by atoms with Crippen LogP contribution in [0.25, 0.3) is 0 Å². The van der Waals surface area contributed by atoms with Crippen molar-refractivity contribution in [3.05, 3.63) is 69.8 Å². The van der Waals surface area contributed by atoms with Gasteiger partial charge in [-0.3, -0.25) is 4.79 Å². The number of ether oxygens (including phenoxy) is 1. The molecule has 0 heterocycles. The smallest absolute Gasteiger partial charge is 0.338 e. The molecule has 1 aliphatic carbocycles. The Balaban J connectivity index is 1.55. The van der Waals surface area contributed by atoms with E-state index in [9.17, 15) is 9.59 Å². The Kier molecular flexibility index (Phi) is 5.40. The summed E-state index contributed by atoms with van der Waals surface area (Å²) in [6, 6.07) is 11.8. The van der Waals surface area contributed by atoms with E-state index >= 15 is 0 Å². The second-order valence-corrected chi connectivity index (χ2v) is 7.09. The Hall–Kier alpha value is -2.62. The van der Waals surface area contributed by atoms with Crippen LogP contribution in [-0.4, -0.2) is 30.4 Å². The molecule has 0 fully saturated rings. The van der Waals surface area contributed by atoms with Gasteiger partial charge in [-0.2, -0.15) is 0 Å². The highest BCUT2D eigenvalue weighted by Gasteiger charge is 2.17. The molecule has 4 nitrogen and oxygen atoms in total. The molecule has 0 radical (unpaired) electrons. The first-order valence-corrected chi connectivity index (χ1v) is 9.03. The zero-order valence-corrected chi connectivity index (χ0v) is 15.7. The number of aryl methyl sites for hydroxylation is 4. The number of esters is 1. The molecule has 136 valence electrons. The summed E-state index contributed by atoms with van der Waals surface area (Å²) in [5, 5.41) is 0. The Morgan fingerprint density at radius 1 is 1.04 bits per heavy atom. The molecule has 0 unspecified atom stereocenters. The number of carbonyl (C=O) groups is 2. The zero-order valence-electron chi connectivity index (χ0n) is 15.7. The molecule has 2 aromatic rings. The number of nitrogens with zero attached hydrogens (tertiary/aromatic N) is 1. The summed E-state index contributed by atoms with van der Waals surface area (Å²) in [6.07, 6.45) is 3.22. The first-order chi connectivity index (χ1) is 12.4. The fourth-order valence-electron chi connectivity index (χ4n) is 3.39.